The van der Waals surface area contributed by atoms with Crippen molar-refractivity contribution in [2.45, 2.75) is 0 Å². The summed E-state index contributed by atoms with van der Waals surface area (Å²) in [6.45, 7) is 0. The molecule has 0 fully saturated rings. The highest BCUT2D eigenvalue weighted by Gasteiger charge is 2.04. The summed E-state index contributed by atoms with van der Waals surface area (Å²) in [6, 6.07) is 3.36. The molecule has 0 aliphatic carbocycles. The van der Waals surface area contributed by atoms with Crippen LogP contribution in [0.1, 0.15) is 10.4 Å². The van der Waals surface area contributed by atoms with Gasteiger partial charge in [-0.3, -0.25) is 0 Å². The molecule has 11 heavy (non-hydrogen) atoms. The maximum atomic E-state index is 12.6. The maximum absolute atomic E-state index is 12.6. The topological polar surface area (TPSA) is 37.3 Å². The van der Waals surface area contributed by atoms with Gasteiger partial charge >= 0.3 is 5.97 Å². The molecule has 1 rings (SSSR count). The highest BCUT2D eigenvalue weighted by Crippen LogP contribution is 1.99. The first-order chi connectivity index (χ1) is 5.11. The predicted molar refractivity (Wildman–Crippen MR) is 38.7 cm³/mol. The number of hydrogen-bond donors (Lipinski definition) is 1. The zero-order valence-electron chi connectivity index (χ0n) is 5.54. The van der Waals surface area contributed by atoms with Crippen molar-refractivity contribution in [1.82, 2.24) is 0 Å². The van der Waals surface area contributed by atoms with Gasteiger partial charge in [0.15, 0.2) is 0 Å². The van der Waals surface area contributed by atoms with Crippen molar-refractivity contribution < 1.29 is 14.3 Å². The lowest BCUT2D eigenvalue weighted by atomic mass is 9.94. The summed E-state index contributed by atoms with van der Waals surface area (Å²) in [4.78, 5) is 10.3. The molecule has 0 saturated heterocycles. The molecule has 0 aliphatic rings. The highest BCUT2D eigenvalue weighted by molar-refractivity contribution is 6.32. The van der Waals surface area contributed by atoms with Crippen LogP contribution in [0.4, 0.5) is 4.39 Å². The molecule has 1 N–H and O–H groups in total. The largest absolute Gasteiger partial charge is 0.478 e. The van der Waals surface area contributed by atoms with E-state index in [9.17, 15) is 9.18 Å². The first kappa shape index (κ1) is 7.79. The summed E-state index contributed by atoms with van der Waals surface area (Å²) in [5, 5.41) is 8.39. The summed E-state index contributed by atoms with van der Waals surface area (Å²) in [5.41, 5.74) is -0.147. The summed E-state index contributed by atoms with van der Waals surface area (Å²) >= 11 is 0. The van der Waals surface area contributed by atoms with Crippen LogP contribution in [0.5, 0.6) is 0 Å². The second kappa shape index (κ2) is 2.74. The first-order valence-electron chi connectivity index (χ1n) is 2.89. The van der Waals surface area contributed by atoms with Crippen LogP contribution in [-0.2, 0) is 0 Å². The van der Waals surface area contributed by atoms with Crippen molar-refractivity contribution >= 4 is 19.3 Å². The van der Waals surface area contributed by atoms with E-state index in [-0.39, 0.29) is 11.0 Å². The van der Waals surface area contributed by atoms with Crippen molar-refractivity contribution in [3.8, 4) is 0 Å². The van der Waals surface area contributed by atoms with E-state index in [1.54, 1.807) is 0 Å². The van der Waals surface area contributed by atoms with Crippen LogP contribution in [-0.4, -0.2) is 18.9 Å². The fourth-order valence-corrected chi connectivity index (χ4v) is 0.660. The number of aromatic carboxylic acids is 1. The normalized spacial score (nSPS) is 9.55. The van der Waals surface area contributed by atoms with Crippen molar-refractivity contribution in [3.63, 3.8) is 0 Å². The van der Waals surface area contributed by atoms with Gasteiger partial charge in [-0.15, -0.1) is 0 Å². The molecule has 1 aromatic rings. The van der Waals surface area contributed by atoms with Crippen LogP contribution in [0.3, 0.4) is 0 Å². The summed E-state index contributed by atoms with van der Waals surface area (Å²) in [7, 11) is 5.12. The monoisotopic (exact) mass is 150 g/mol. The van der Waals surface area contributed by atoms with E-state index in [1.807, 2.05) is 0 Å². The van der Waals surface area contributed by atoms with E-state index < -0.39 is 11.8 Å². The molecule has 0 amide bonds. The molecule has 0 saturated carbocycles. The number of carboxylic acid groups (broad SMARTS) is 1. The molecule has 54 valence electrons. The van der Waals surface area contributed by atoms with Gasteiger partial charge in [0.2, 0.25) is 0 Å². The zero-order chi connectivity index (χ0) is 8.43. The lowest BCUT2D eigenvalue weighted by molar-refractivity contribution is 0.0696. The minimum Gasteiger partial charge on any atom is -0.478 e. The molecule has 2 nitrogen and oxygen atoms in total. The number of hydrogen-bond acceptors (Lipinski definition) is 1. The summed E-state index contributed by atoms with van der Waals surface area (Å²) in [5.74, 6) is -1.87. The molecule has 0 heterocycles. The van der Waals surface area contributed by atoms with Gasteiger partial charge in [-0.05, 0) is 12.1 Å². The van der Waals surface area contributed by atoms with Crippen LogP contribution in [0, 0.1) is 5.82 Å². The second-order valence-corrected chi connectivity index (χ2v) is 2.04. The molecule has 4 heteroatoms. The predicted octanol–water partition coefficient (Wildman–Crippen LogP) is 0.318. The molecule has 0 bridgehead atoms. The zero-order valence-corrected chi connectivity index (χ0v) is 5.54. The number of rotatable bonds is 1. The van der Waals surface area contributed by atoms with Crippen molar-refractivity contribution in [3.05, 3.63) is 29.6 Å². The van der Waals surface area contributed by atoms with Crippen LogP contribution in [0.15, 0.2) is 18.2 Å². The Morgan fingerprint density at radius 3 is 2.64 bits per heavy atom. The SMILES string of the molecule is [B]c1ccc(C(=O)O)cc1F. The molecule has 1 aromatic carbocycles. The average molecular weight is 150 g/mol. The van der Waals surface area contributed by atoms with E-state index in [1.165, 1.54) is 12.1 Å². The third-order valence-electron chi connectivity index (χ3n) is 1.25. The van der Waals surface area contributed by atoms with E-state index in [4.69, 9.17) is 13.0 Å². The molecule has 0 aliphatic heterocycles. The number of carbonyl (C=O) groups is 1. The standard InChI is InChI=1S/C7H4BFO2/c8-5-2-1-4(7(10)11)3-6(5)9/h1-3H,(H,10,11). The Morgan fingerprint density at radius 1 is 1.55 bits per heavy atom. The fraction of sp³-hybridized carbons (Fsp3) is 0. The summed E-state index contributed by atoms with van der Waals surface area (Å²) in [6.07, 6.45) is 0. The molecule has 0 atom stereocenters. The average Bonchev–Trinajstić information content (AvgIpc) is 1.94. The second-order valence-electron chi connectivity index (χ2n) is 2.04. The Hall–Kier alpha value is -1.32. The van der Waals surface area contributed by atoms with E-state index in [0.29, 0.717) is 0 Å². The van der Waals surface area contributed by atoms with Crippen molar-refractivity contribution in [2.75, 3.05) is 0 Å². The van der Waals surface area contributed by atoms with Gasteiger partial charge in [0.1, 0.15) is 13.7 Å². The Morgan fingerprint density at radius 2 is 2.18 bits per heavy atom. The van der Waals surface area contributed by atoms with Crippen LogP contribution in [0.25, 0.3) is 0 Å². The Labute approximate surface area is 64.1 Å². The third-order valence-corrected chi connectivity index (χ3v) is 1.25. The van der Waals surface area contributed by atoms with Gasteiger partial charge in [0, 0.05) is 0 Å². The van der Waals surface area contributed by atoms with Gasteiger partial charge in [-0.25, -0.2) is 9.18 Å². The third kappa shape index (κ3) is 1.58. The first-order valence-corrected chi connectivity index (χ1v) is 2.89. The van der Waals surface area contributed by atoms with Gasteiger partial charge in [-0.1, -0.05) is 11.5 Å². The van der Waals surface area contributed by atoms with Crippen molar-refractivity contribution in [1.29, 1.82) is 0 Å². The maximum Gasteiger partial charge on any atom is 0.335 e. The Bertz CT molecular complexity index is 298. The molecule has 0 unspecified atom stereocenters. The van der Waals surface area contributed by atoms with Gasteiger partial charge in [-0.2, -0.15) is 0 Å². The Kier molecular flexibility index (Phi) is 1.94. The molecular weight excluding hydrogens is 146 g/mol. The van der Waals surface area contributed by atoms with Gasteiger partial charge in [0.05, 0.1) is 5.56 Å². The van der Waals surface area contributed by atoms with Crippen LogP contribution < -0.4 is 5.46 Å². The lowest BCUT2D eigenvalue weighted by Gasteiger charge is -1.96. The number of halogens is 1. The highest BCUT2D eigenvalue weighted by atomic mass is 19.1. The quantitative estimate of drug-likeness (QED) is 0.585. The van der Waals surface area contributed by atoms with E-state index >= 15 is 0 Å². The molecular formula is C7H4BFO2. The Balaban J connectivity index is 3.15. The summed E-state index contributed by atoms with van der Waals surface area (Å²) < 4.78 is 12.6. The number of carboxylic acids is 1. The van der Waals surface area contributed by atoms with Gasteiger partial charge < -0.3 is 5.11 Å². The minimum absolute atomic E-state index is 0.0463. The molecule has 0 spiro atoms. The lowest BCUT2D eigenvalue weighted by Crippen LogP contribution is -2.09. The van der Waals surface area contributed by atoms with E-state index in [0.717, 1.165) is 6.07 Å². The fourth-order valence-electron chi connectivity index (χ4n) is 0.660. The molecule has 0 aromatic heterocycles. The van der Waals surface area contributed by atoms with Crippen LogP contribution >= 0.6 is 0 Å². The van der Waals surface area contributed by atoms with E-state index in [2.05, 4.69) is 0 Å². The smallest absolute Gasteiger partial charge is 0.335 e. The van der Waals surface area contributed by atoms with Crippen LogP contribution in [0.2, 0.25) is 0 Å². The van der Waals surface area contributed by atoms with Gasteiger partial charge in [0.25, 0.3) is 0 Å². The van der Waals surface area contributed by atoms with Crippen molar-refractivity contribution in [2.24, 2.45) is 0 Å². The molecule has 2 radical (unpaired) electrons. The minimum atomic E-state index is -1.16. The number of benzene rings is 1.